The summed E-state index contributed by atoms with van der Waals surface area (Å²) in [5, 5.41) is 2.94. The van der Waals surface area contributed by atoms with Crippen LogP contribution in [-0.2, 0) is 4.79 Å². The fourth-order valence-corrected chi connectivity index (χ4v) is 3.00. The highest BCUT2D eigenvalue weighted by atomic mass is 16.2. The van der Waals surface area contributed by atoms with Crippen LogP contribution in [0.15, 0.2) is 24.3 Å². The molecule has 110 valence electrons. The summed E-state index contributed by atoms with van der Waals surface area (Å²) in [5.74, 6) is 0.0241. The second kappa shape index (κ2) is 6.37. The fraction of sp³-hybridized carbons (Fsp3) is 0.562. The Hall–Kier alpha value is -1.39. The van der Waals surface area contributed by atoms with Gasteiger partial charge in [0, 0.05) is 17.8 Å². The minimum absolute atomic E-state index is 0.0185. The second-order valence-electron chi connectivity index (χ2n) is 5.91. The quantitative estimate of drug-likeness (QED) is 0.865. The minimum Gasteiger partial charge on any atom is -0.329 e. The highest BCUT2D eigenvalue weighted by Crippen LogP contribution is 2.33. The van der Waals surface area contributed by atoms with Crippen LogP contribution in [0.3, 0.4) is 0 Å². The zero-order chi connectivity index (χ0) is 14.6. The van der Waals surface area contributed by atoms with Crippen molar-refractivity contribution in [2.24, 2.45) is 5.73 Å². The number of aryl methyl sites for hydroxylation is 1. The molecule has 1 aliphatic carbocycles. The van der Waals surface area contributed by atoms with Gasteiger partial charge in [-0.25, -0.2) is 0 Å². The predicted molar refractivity (Wildman–Crippen MR) is 82.7 cm³/mol. The Morgan fingerprint density at radius 1 is 1.30 bits per heavy atom. The van der Waals surface area contributed by atoms with Gasteiger partial charge >= 0.3 is 0 Å². The maximum atomic E-state index is 12.1. The number of hydrogen-bond donors (Lipinski definition) is 2. The summed E-state index contributed by atoms with van der Waals surface area (Å²) in [6, 6.07) is 7.86. The molecular weight excluding hydrogens is 250 g/mol. The molecule has 4 nitrogen and oxygen atoms in total. The Balaban J connectivity index is 1.92. The van der Waals surface area contributed by atoms with Crippen LogP contribution in [0, 0.1) is 6.92 Å². The third-order valence-electron chi connectivity index (χ3n) is 4.44. The number of amides is 1. The summed E-state index contributed by atoms with van der Waals surface area (Å²) < 4.78 is 0. The molecule has 1 aromatic rings. The van der Waals surface area contributed by atoms with Gasteiger partial charge in [-0.1, -0.05) is 30.5 Å². The molecule has 4 heteroatoms. The van der Waals surface area contributed by atoms with Gasteiger partial charge in [0.25, 0.3) is 0 Å². The first-order valence-electron chi connectivity index (χ1n) is 7.34. The van der Waals surface area contributed by atoms with Crippen LogP contribution in [0.4, 0.5) is 5.69 Å². The summed E-state index contributed by atoms with van der Waals surface area (Å²) in [6.45, 7) is 3.05. The average molecular weight is 275 g/mol. The smallest absolute Gasteiger partial charge is 0.238 e. The van der Waals surface area contributed by atoms with Crippen molar-refractivity contribution in [2.75, 3.05) is 25.5 Å². The number of benzene rings is 1. The minimum atomic E-state index is 0.0185. The van der Waals surface area contributed by atoms with Crippen molar-refractivity contribution >= 4 is 11.6 Å². The SMILES string of the molecule is Cc1ccc(NC(=O)CN(C)C2(CN)CCCC2)cc1. The van der Waals surface area contributed by atoms with Gasteiger partial charge in [0.1, 0.15) is 0 Å². The predicted octanol–water partition coefficient (Wildman–Crippen LogP) is 2.14. The highest BCUT2D eigenvalue weighted by Gasteiger charge is 2.36. The maximum Gasteiger partial charge on any atom is 0.238 e. The number of likely N-dealkylation sites (N-methyl/N-ethyl adjacent to an activating group) is 1. The molecule has 0 saturated heterocycles. The Kier molecular flexibility index (Phi) is 4.78. The van der Waals surface area contributed by atoms with E-state index in [4.69, 9.17) is 5.73 Å². The van der Waals surface area contributed by atoms with E-state index >= 15 is 0 Å². The molecule has 20 heavy (non-hydrogen) atoms. The van der Waals surface area contributed by atoms with E-state index in [2.05, 4.69) is 10.2 Å². The summed E-state index contributed by atoms with van der Waals surface area (Å²) in [7, 11) is 2.01. The summed E-state index contributed by atoms with van der Waals surface area (Å²) in [4.78, 5) is 14.3. The van der Waals surface area contributed by atoms with Gasteiger partial charge in [-0.05, 0) is 38.9 Å². The van der Waals surface area contributed by atoms with Crippen molar-refractivity contribution in [3.63, 3.8) is 0 Å². The average Bonchev–Trinajstić information content (AvgIpc) is 2.91. The topological polar surface area (TPSA) is 58.4 Å². The molecule has 0 spiro atoms. The molecule has 2 rings (SSSR count). The molecule has 1 aromatic carbocycles. The van der Waals surface area contributed by atoms with Gasteiger partial charge in [0.2, 0.25) is 5.91 Å². The summed E-state index contributed by atoms with van der Waals surface area (Å²) in [6.07, 6.45) is 4.61. The van der Waals surface area contributed by atoms with Gasteiger partial charge in [0.15, 0.2) is 0 Å². The van der Waals surface area contributed by atoms with Gasteiger partial charge in [-0.3, -0.25) is 9.69 Å². The van der Waals surface area contributed by atoms with Gasteiger partial charge in [0.05, 0.1) is 6.54 Å². The first-order chi connectivity index (χ1) is 9.55. The number of nitrogens with one attached hydrogen (secondary N) is 1. The van der Waals surface area contributed by atoms with E-state index in [0.717, 1.165) is 18.5 Å². The lowest BCUT2D eigenvalue weighted by molar-refractivity contribution is -0.118. The Morgan fingerprint density at radius 3 is 2.45 bits per heavy atom. The number of hydrogen-bond acceptors (Lipinski definition) is 3. The summed E-state index contributed by atoms with van der Waals surface area (Å²) in [5.41, 5.74) is 8.00. The van der Waals surface area contributed by atoms with Crippen LogP contribution in [0.2, 0.25) is 0 Å². The van der Waals surface area contributed by atoms with E-state index < -0.39 is 0 Å². The van der Waals surface area contributed by atoms with E-state index in [9.17, 15) is 4.79 Å². The van der Waals surface area contributed by atoms with Crippen LogP contribution < -0.4 is 11.1 Å². The molecule has 1 amide bonds. The molecule has 0 radical (unpaired) electrons. The second-order valence-corrected chi connectivity index (χ2v) is 5.91. The third-order valence-corrected chi connectivity index (χ3v) is 4.44. The van der Waals surface area contributed by atoms with Crippen molar-refractivity contribution in [3.05, 3.63) is 29.8 Å². The molecule has 0 atom stereocenters. The number of anilines is 1. The normalized spacial score (nSPS) is 17.4. The molecule has 3 N–H and O–H groups in total. The van der Waals surface area contributed by atoms with E-state index in [1.807, 2.05) is 38.2 Å². The van der Waals surface area contributed by atoms with E-state index in [0.29, 0.717) is 13.1 Å². The monoisotopic (exact) mass is 275 g/mol. The largest absolute Gasteiger partial charge is 0.329 e. The van der Waals surface area contributed by atoms with Crippen molar-refractivity contribution in [2.45, 2.75) is 38.1 Å². The highest BCUT2D eigenvalue weighted by molar-refractivity contribution is 5.92. The number of nitrogens with two attached hydrogens (primary N) is 1. The molecule has 0 heterocycles. The summed E-state index contributed by atoms with van der Waals surface area (Å²) >= 11 is 0. The Bertz CT molecular complexity index is 449. The lowest BCUT2D eigenvalue weighted by atomic mass is 9.96. The number of carbonyl (C=O) groups is 1. The lowest BCUT2D eigenvalue weighted by Gasteiger charge is -2.37. The molecule has 0 bridgehead atoms. The molecule has 0 aliphatic heterocycles. The van der Waals surface area contributed by atoms with Crippen LogP contribution in [0.25, 0.3) is 0 Å². The lowest BCUT2D eigenvalue weighted by Crippen LogP contribution is -2.52. The van der Waals surface area contributed by atoms with Crippen molar-refractivity contribution in [1.82, 2.24) is 4.90 Å². The standard InChI is InChI=1S/C16H25N3O/c1-13-5-7-14(8-6-13)18-15(20)11-19(2)16(12-17)9-3-4-10-16/h5-8H,3-4,9-12,17H2,1-2H3,(H,18,20). The Morgan fingerprint density at radius 2 is 1.90 bits per heavy atom. The van der Waals surface area contributed by atoms with Crippen LogP contribution in [0.1, 0.15) is 31.2 Å². The van der Waals surface area contributed by atoms with Crippen LogP contribution in [0.5, 0.6) is 0 Å². The van der Waals surface area contributed by atoms with E-state index in [1.54, 1.807) is 0 Å². The maximum absolute atomic E-state index is 12.1. The van der Waals surface area contributed by atoms with Crippen molar-refractivity contribution in [1.29, 1.82) is 0 Å². The zero-order valence-corrected chi connectivity index (χ0v) is 12.5. The molecule has 1 aliphatic rings. The first kappa shape index (κ1) is 15.0. The van der Waals surface area contributed by atoms with E-state index in [-0.39, 0.29) is 11.4 Å². The molecule has 0 aromatic heterocycles. The number of rotatable bonds is 5. The third kappa shape index (κ3) is 3.38. The fourth-order valence-electron chi connectivity index (χ4n) is 3.00. The van der Waals surface area contributed by atoms with Gasteiger partial charge in [-0.2, -0.15) is 0 Å². The van der Waals surface area contributed by atoms with Crippen molar-refractivity contribution in [3.8, 4) is 0 Å². The molecule has 1 fully saturated rings. The van der Waals surface area contributed by atoms with Crippen LogP contribution >= 0.6 is 0 Å². The van der Waals surface area contributed by atoms with Gasteiger partial charge in [-0.15, -0.1) is 0 Å². The molecular formula is C16H25N3O. The Labute approximate surface area is 121 Å². The number of nitrogens with zero attached hydrogens (tertiary/aromatic N) is 1. The van der Waals surface area contributed by atoms with Crippen LogP contribution in [-0.4, -0.2) is 36.5 Å². The molecule has 0 unspecified atom stereocenters. The van der Waals surface area contributed by atoms with Gasteiger partial charge < -0.3 is 11.1 Å². The van der Waals surface area contributed by atoms with E-state index in [1.165, 1.54) is 18.4 Å². The zero-order valence-electron chi connectivity index (χ0n) is 12.5. The first-order valence-corrected chi connectivity index (χ1v) is 7.34. The molecule has 1 saturated carbocycles. The number of carbonyl (C=O) groups excluding carboxylic acids is 1. The van der Waals surface area contributed by atoms with Crippen molar-refractivity contribution < 1.29 is 4.79 Å².